The molecule has 0 saturated carbocycles. The van der Waals surface area contributed by atoms with Gasteiger partial charge in [0.15, 0.2) is 11.6 Å². The minimum Gasteiger partial charge on any atom is -0.453 e. The van der Waals surface area contributed by atoms with E-state index < -0.39 is 17.5 Å². The summed E-state index contributed by atoms with van der Waals surface area (Å²) >= 11 is 18.4. The number of carbonyl (C=O) groups is 1. The molecule has 0 aliphatic rings. The maximum Gasteiger partial charge on any atom is 0.255 e. The average molecular weight is 498 g/mol. The van der Waals surface area contributed by atoms with E-state index in [2.05, 4.69) is 10.4 Å². The summed E-state index contributed by atoms with van der Waals surface area (Å²) in [6.45, 7) is 0. The van der Waals surface area contributed by atoms with Gasteiger partial charge in [0.05, 0.1) is 26.6 Å². The highest BCUT2D eigenvalue weighted by atomic mass is 35.5. The third-order valence-corrected chi connectivity index (χ3v) is 5.34. The minimum absolute atomic E-state index is 0.0251. The van der Waals surface area contributed by atoms with Crippen LogP contribution in [0.5, 0.6) is 11.5 Å². The molecule has 0 bridgehead atoms. The van der Waals surface area contributed by atoms with Crippen molar-refractivity contribution >= 4 is 63.1 Å². The number of anilines is 2. The summed E-state index contributed by atoms with van der Waals surface area (Å²) < 4.78 is 34.8. The molecule has 32 heavy (non-hydrogen) atoms. The first-order valence-corrected chi connectivity index (χ1v) is 10.1. The van der Waals surface area contributed by atoms with Crippen molar-refractivity contribution in [3.63, 3.8) is 0 Å². The lowest BCUT2D eigenvalue weighted by atomic mass is 10.1. The number of carbonyl (C=O) groups excluding carboxylic acids is 1. The number of nitrogens with two attached hydrogens (primary N) is 1. The van der Waals surface area contributed by atoms with Gasteiger partial charge >= 0.3 is 0 Å². The van der Waals surface area contributed by atoms with Gasteiger partial charge in [0.1, 0.15) is 17.4 Å². The molecule has 0 atom stereocenters. The first kappa shape index (κ1) is 22.1. The number of nitrogens with one attached hydrogen (secondary N) is 1. The highest BCUT2D eigenvalue weighted by Gasteiger charge is 2.23. The summed E-state index contributed by atoms with van der Waals surface area (Å²) in [5, 5.41) is 7.38. The lowest BCUT2D eigenvalue weighted by Crippen LogP contribution is -2.13. The Balaban J connectivity index is 1.88. The van der Waals surface area contributed by atoms with Gasteiger partial charge in [0, 0.05) is 23.7 Å². The quantitative estimate of drug-likeness (QED) is 0.340. The molecule has 6 nitrogen and oxygen atoms in total. The lowest BCUT2D eigenvalue weighted by Gasteiger charge is -2.16. The summed E-state index contributed by atoms with van der Waals surface area (Å²) in [4.78, 5) is 12.8. The van der Waals surface area contributed by atoms with Crippen LogP contribution < -0.4 is 15.8 Å². The number of benzene rings is 3. The van der Waals surface area contributed by atoms with Gasteiger partial charge in [0.2, 0.25) is 0 Å². The van der Waals surface area contributed by atoms with Crippen molar-refractivity contribution in [2.24, 2.45) is 7.05 Å². The number of nitrogens with zero attached hydrogens (tertiary/aromatic N) is 2. The zero-order chi connectivity index (χ0) is 23.2. The summed E-state index contributed by atoms with van der Waals surface area (Å²) in [7, 11) is 1.62. The van der Waals surface area contributed by atoms with Crippen LogP contribution in [0.4, 0.5) is 20.3 Å². The molecule has 11 heteroatoms. The Bertz CT molecular complexity index is 1370. The molecule has 4 aromatic rings. The fourth-order valence-electron chi connectivity index (χ4n) is 3.18. The van der Waals surface area contributed by atoms with E-state index in [0.29, 0.717) is 5.52 Å². The Hall–Kier alpha value is -3.07. The minimum atomic E-state index is -0.695. The van der Waals surface area contributed by atoms with Gasteiger partial charge in [-0.1, -0.05) is 34.8 Å². The third-order valence-electron chi connectivity index (χ3n) is 4.52. The molecule has 0 unspecified atom stereocenters. The van der Waals surface area contributed by atoms with Crippen LogP contribution in [0, 0.1) is 11.6 Å². The average Bonchev–Trinajstić information content (AvgIpc) is 3.01. The highest BCUT2D eigenvalue weighted by Crippen LogP contribution is 2.44. The molecule has 4 rings (SSSR count). The molecule has 1 heterocycles. The van der Waals surface area contributed by atoms with Crippen LogP contribution in [0.3, 0.4) is 0 Å². The van der Waals surface area contributed by atoms with Gasteiger partial charge in [-0.25, -0.2) is 8.78 Å². The Morgan fingerprint density at radius 1 is 1.06 bits per heavy atom. The number of nitrogen functional groups attached to an aromatic ring is 1. The number of ether oxygens (including phenoxy) is 1. The van der Waals surface area contributed by atoms with Crippen molar-refractivity contribution in [3.8, 4) is 11.5 Å². The molecular weight excluding hydrogens is 485 g/mol. The third kappa shape index (κ3) is 4.17. The Kier molecular flexibility index (Phi) is 5.85. The summed E-state index contributed by atoms with van der Waals surface area (Å²) in [5.74, 6) is -1.91. The molecule has 0 aliphatic heterocycles. The van der Waals surface area contributed by atoms with Gasteiger partial charge in [0.25, 0.3) is 5.91 Å². The number of halogens is 5. The molecule has 164 valence electrons. The maximum absolute atomic E-state index is 13.8. The first-order valence-electron chi connectivity index (χ1n) is 8.99. The van der Waals surface area contributed by atoms with E-state index in [1.54, 1.807) is 7.05 Å². The summed E-state index contributed by atoms with van der Waals surface area (Å²) in [5.41, 5.74) is 6.51. The Morgan fingerprint density at radius 3 is 2.53 bits per heavy atom. The molecule has 0 spiro atoms. The SMILES string of the molecule is Cn1nc(N)c2c(Oc3cc(F)ccc3Cl)c(NC(=O)c3cc(F)cc(Cl)c3)cc(Cl)c21. The molecule has 0 aliphatic carbocycles. The van der Waals surface area contributed by atoms with Gasteiger partial charge in [-0.2, -0.15) is 5.10 Å². The monoisotopic (exact) mass is 496 g/mol. The summed E-state index contributed by atoms with van der Waals surface area (Å²) in [6.07, 6.45) is 0. The maximum atomic E-state index is 13.8. The Labute approximate surface area is 195 Å². The molecular formula is C21H13Cl3F2N4O2. The van der Waals surface area contributed by atoms with Gasteiger partial charge in [-0.3, -0.25) is 9.48 Å². The second-order valence-electron chi connectivity index (χ2n) is 6.76. The number of fused-ring (bicyclic) bond motifs is 1. The van der Waals surface area contributed by atoms with Crippen LogP contribution in [0.2, 0.25) is 15.1 Å². The van der Waals surface area contributed by atoms with E-state index in [1.165, 1.54) is 28.9 Å². The van der Waals surface area contributed by atoms with Crippen LogP contribution in [-0.2, 0) is 7.05 Å². The number of aromatic nitrogens is 2. The van der Waals surface area contributed by atoms with E-state index in [9.17, 15) is 13.6 Å². The first-order chi connectivity index (χ1) is 15.1. The molecule has 0 saturated heterocycles. The standard InChI is InChI=1S/C21H13Cl3F2N4O2/c1-30-18-14(24)8-15(28-21(31)9-4-10(22)6-12(26)5-9)19(17(18)20(27)29-30)32-16-7-11(25)2-3-13(16)23/h2-8H,1H3,(H2,27,29)(H,28,31). The molecule has 3 N–H and O–H groups in total. The van der Waals surface area contributed by atoms with Crippen LogP contribution >= 0.6 is 34.8 Å². The fraction of sp³-hybridized carbons (Fsp3) is 0.0476. The number of rotatable bonds is 4. The van der Waals surface area contributed by atoms with Gasteiger partial charge in [-0.05, 0) is 36.4 Å². The van der Waals surface area contributed by atoms with Crippen molar-refractivity contribution in [1.29, 1.82) is 0 Å². The van der Waals surface area contributed by atoms with Crippen LogP contribution in [0.25, 0.3) is 10.9 Å². The van der Waals surface area contributed by atoms with E-state index in [4.69, 9.17) is 45.3 Å². The zero-order valence-corrected chi connectivity index (χ0v) is 18.5. The largest absolute Gasteiger partial charge is 0.453 e. The molecule has 0 radical (unpaired) electrons. The van der Waals surface area contributed by atoms with Crippen molar-refractivity contribution < 1.29 is 18.3 Å². The molecule has 1 aromatic heterocycles. The van der Waals surface area contributed by atoms with E-state index in [-0.39, 0.29) is 49.0 Å². The zero-order valence-electron chi connectivity index (χ0n) is 16.2. The summed E-state index contributed by atoms with van der Waals surface area (Å²) in [6, 6.07) is 8.35. The normalized spacial score (nSPS) is 11.1. The fourth-order valence-corrected chi connectivity index (χ4v) is 3.89. The van der Waals surface area contributed by atoms with Gasteiger partial charge < -0.3 is 15.8 Å². The number of amides is 1. The van der Waals surface area contributed by atoms with Crippen LogP contribution in [0.15, 0.2) is 42.5 Å². The predicted octanol–water partition coefficient (Wildman–Crippen LogP) is 6.44. The molecule has 3 aromatic carbocycles. The van der Waals surface area contributed by atoms with Crippen LogP contribution in [-0.4, -0.2) is 15.7 Å². The lowest BCUT2D eigenvalue weighted by molar-refractivity contribution is 0.102. The van der Waals surface area contributed by atoms with E-state index in [1.807, 2.05) is 0 Å². The smallest absolute Gasteiger partial charge is 0.255 e. The number of hydrogen-bond acceptors (Lipinski definition) is 4. The topological polar surface area (TPSA) is 82.2 Å². The predicted molar refractivity (Wildman–Crippen MR) is 121 cm³/mol. The van der Waals surface area contributed by atoms with Crippen molar-refractivity contribution in [2.75, 3.05) is 11.1 Å². The molecule has 1 amide bonds. The highest BCUT2D eigenvalue weighted by molar-refractivity contribution is 6.36. The van der Waals surface area contributed by atoms with Gasteiger partial charge in [-0.15, -0.1) is 0 Å². The number of hydrogen-bond donors (Lipinski definition) is 2. The second kappa shape index (κ2) is 8.46. The van der Waals surface area contributed by atoms with Crippen molar-refractivity contribution in [2.45, 2.75) is 0 Å². The van der Waals surface area contributed by atoms with Crippen molar-refractivity contribution in [3.05, 3.63) is 74.7 Å². The van der Waals surface area contributed by atoms with E-state index >= 15 is 0 Å². The number of aryl methyl sites for hydroxylation is 1. The van der Waals surface area contributed by atoms with E-state index in [0.717, 1.165) is 18.2 Å². The Morgan fingerprint density at radius 2 is 1.81 bits per heavy atom. The van der Waals surface area contributed by atoms with Crippen molar-refractivity contribution in [1.82, 2.24) is 9.78 Å². The van der Waals surface area contributed by atoms with Crippen LogP contribution in [0.1, 0.15) is 10.4 Å². The second-order valence-corrected chi connectivity index (χ2v) is 8.01. The molecule has 0 fully saturated rings.